The second-order valence-electron chi connectivity index (χ2n) is 5.80. The Morgan fingerprint density at radius 1 is 1.19 bits per heavy atom. The highest BCUT2D eigenvalue weighted by Gasteiger charge is 2.28. The Morgan fingerprint density at radius 3 is 2.62 bits per heavy atom. The van der Waals surface area contributed by atoms with E-state index >= 15 is 0 Å². The number of hydrogen-bond acceptors (Lipinski definition) is 5. The number of rotatable bonds is 4. The number of nitrogens with zero attached hydrogens (tertiary/aromatic N) is 2. The van der Waals surface area contributed by atoms with Gasteiger partial charge in [-0.15, -0.1) is 0 Å². The summed E-state index contributed by atoms with van der Waals surface area (Å²) in [7, 11) is 7.64. The van der Waals surface area contributed by atoms with Gasteiger partial charge in [-0.05, 0) is 39.7 Å². The van der Waals surface area contributed by atoms with Crippen LogP contribution in [0, 0.1) is 0 Å². The molecule has 0 aliphatic carbocycles. The van der Waals surface area contributed by atoms with Crippen molar-refractivity contribution in [2.24, 2.45) is 5.73 Å². The molecule has 2 N–H and O–H groups in total. The van der Waals surface area contributed by atoms with E-state index < -0.39 is 0 Å². The first-order valence-corrected chi connectivity index (χ1v) is 7.43. The molecule has 0 radical (unpaired) electrons. The molecule has 0 amide bonds. The lowest BCUT2D eigenvalue weighted by atomic mass is 9.97. The summed E-state index contributed by atoms with van der Waals surface area (Å²) in [4.78, 5) is 4.71. The standard InChI is InChI=1S/C16H27N3O2/c1-18-8-5-9-19(2)14(11-18)16(17)13-7-6-12(20-3)10-15(13)21-4/h6-7,10,14,16H,5,8-9,11,17H2,1-4H3. The SMILES string of the molecule is COc1ccc(C(N)C2CN(C)CCCN2C)c(OC)c1. The Balaban J connectivity index is 2.27. The lowest BCUT2D eigenvalue weighted by molar-refractivity contribution is 0.194. The van der Waals surface area contributed by atoms with Crippen molar-refractivity contribution >= 4 is 0 Å². The van der Waals surface area contributed by atoms with Gasteiger partial charge in [0.15, 0.2) is 0 Å². The summed E-state index contributed by atoms with van der Waals surface area (Å²) in [6.45, 7) is 3.15. The van der Waals surface area contributed by atoms with Crippen LogP contribution in [0.4, 0.5) is 0 Å². The second kappa shape index (κ2) is 7.11. The highest BCUT2D eigenvalue weighted by atomic mass is 16.5. The number of ether oxygens (including phenoxy) is 2. The maximum atomic E-state index is 6.57. The molecule has 5 heteroatoms. The molecule has 1 aromatic rings. The van der Waals surface area contributed by atoms with Crippen LogP contribution in [0.25, 0.3) is 0 Å². The highest BCUT2D eigenvalue weighted by molar-refractivity contribution is 5.43. The van der Waals surface area contributed by atoms with Gasteiger partial charge in [0.2, 0.25) is 0 Å². The van der Waals surface area contributed by atoms with Crippen molar-refractivity contribution < 1.29 is 9.47 Å². The maximum absolute atomic E-state index is 6.57. The minimum atomic E-state index is -0.0867. The van der Waals surface area contributed by atoms with Crippen LogP contribution < -0.4 is 15.2 Å². The summed E-state index contributed by atoms with van der Waals surface area (Å²) in [6, 6.07) is 6.05. The van der Waals surface area contributed by atoms with Gasteiger partial charge in [-0.1, -0.05) is 6.07 Å². The van der Waals surface area contributed by atoms with Crippen LogP contribution in [0.3, 0.4) is 0 Å². The third kappa shape index (κ3) is 3.67. The average molecular weight is 293 g/mol. The minimum absolute atomic E-state index is 0.0867. The molecule has 118 valence electrons. The zero-order chi connectivity index (χ0) is 15.4. The lowest BCUT2D eigenvalue weighted by Gasteiger charge is -2.33. The molecular formula is C16H27N3O2. The fourth-order valence-corrected chi connectivity index (χ4v) is 2.99. The van der Waals surface area contributed by atoms with Crippen molar-refractivity contribution in [3.8, 4) is 11.5 Å². The Kier molecular flexibility index (Phi) is 5.45. The van der Waals surface area contributed by atoms with Crippen molar-refractivity contribution in [2.45, 2.75) is 18.5 Å². The Bertz CT molecular complexity index is 467. The molecule has 0 saturated carbocycles. The third-order valence-electron chi connectivity index (χ3n) is 4.33. The normalized spacial score (nSPS) is 22.6. The van der Waals surface area contributed by atoms with Gasteiger partial charge in [-0.25, -0.2) is 0 Å². The van der Waals surface area contributed by atoms with Crippen molar-refractivity contribution in [3.05, 3.63) is 23.8 Å². The first-order chi connectivity index (χ1) is 10.1. The molecule has 2 atom stereocenters. The van der Waals surface area contributed by atoms with E-state index in [-0.39, 0.29) is 12.1 Å². The molecule has 1 saturated heterocycles. The molecule has 0 aromatic heterocycles. The van der Waals surface area contributed by atoms with Crippen LogP contribution in [0.15, 0.2) is 18.2 Å². The highest BCUT2D eigenvalue weighted by Crippen LogP contribution is 2.31. The van der Waals surface area contributed by atoms with Crippen LogP contribution in [-0.2, 0) is 0 Å². The van der Waals surface area contributed by atoms with E-state index in [0.717, 1.165) is 36.7 Å². The maximum Gasteiger partial charge on any atom is 0.127 e. The fourth-order valence-electron chi connectivity index (χ4n) is 2.99. The van der Waals surface area contributed by atoms with Crippen LogP contribution in [0.2, 0.25) is 0 Å². The Labute approximate surface area is 127 Å². The third-order valence-corrected chi connectivity index (χ3v) is 4.33. The molecule has 0 spiro atoms. The number of hydrogen-bond donors (Lipinski definition) is 1. The van der Waals surface area contributed by atoms with Crippen LogP contribution in [-0.4, -0.2) is 63.8 Å². The predicted molar refractivity (Wildman–Crippen MR) is 85.0 cm³/mol. The van der Waals surface area contributed by atoms with Gasteiger partial charge in [0.05, 0.1) is 20.3 Å². The topological polar surface area (TPSA) is 51.0 Å². The van der Waals surface area contributed by atoms with E-state index in [9.17, 15) is 0 Å². The zero-order valence-electron chi connectivity index (χ0n) is 13.5. The summed E-state index contributed by atoms with van der Waals surface area (Å²) in [5.41, 5.74) is 7.60. The van der Waals surface area contributed by atoms with E-state index in [2.05, 4.69) is 23.9 Å². The molecular weight excluding hydrogens is 266 g/mol. The van der Waals surface area contributed by atoms with E-state index in [1.54, 1.807) is 14.2 Å². The van der Waals surface area contributed by atoms with E-state index in [1.807, 2.05) is 18.2 Å². The number of benzene rings is 1. The van der Waals surface area contributed by atoms with Gasteiger partial charge in [-0.2, -0.15) is 0 Å². The first kappa shape index (κ1) is 16.1. The first-order valence-electron chi connectivity index (χ1n) is 7.43. The zero-order valence-corrected chi connectivity index (χ0v) is 13.5. The van der Waals surface area contributed by atoms with Gasteiger partial charge >= 0.3 is 0 Å². The molecule has 1 fully saturated rings. The number of likely N-dealkylation sites (N-methyl/N-ethyl adjacent to an activating group) is 2. The molecule has 1 aromatic carbocycles. The molecule has 5 nitrogen and oxygen atoms in total. The molecule has 1 aliphatic rings. The van der Waals surface area contributed by atoms with Crippen molar-refractivity contribution in [1.82, 2.24) is 9.80 Å². The van der Waals surface area contributed by atoms with Crippen LogP contribution >= 0.6 is 0 Å². The van der Waals surface area contributed by atoms with Crippen molar-refractivity contribution in [2.75, 3.05) is 47.9 Å². The van der Waals surface area contributed by atoms with Crippen LogP contribution in [0.1, 0.15) is 18.0 Å². The van der Waals surface area contributed by atoms with Crippen molar-refractivity contribution in [3.63, 3.8) is 0 Å². The largest absolute Gasteiger partial charge is 0.497 e. The quantitative estimate of drug-likeness (QED) is 0.908. The molecule has 2 unspecified atom stereocenters. The molecule has 0 bridgehead atoms. The van der Waals surface area contributed by atoms with Gasteiger partial charge < -0.3 is 25.0 Å². The van der Waals surface area contributed by atoms with Crippen LogP contribution in [0.5, 0.6) is 11.5 Å². The smallest absolute Gasteiger partial charge is 0.127 e. The van der Waals surface area contributed by atoms with Gasteiger partial charge in [-0.3, -0.25) is 0 Å². The summed E-state index contributed by atoms with van der Waals surface area (Å²) in [5.74, 6) is 1.58. The van der Waals surface area contributed by atoms with E-state index in [0.29, 0.717) is 0 Å². The molecule has 1 heterocycles. The summed E-state index contributed by atoms with van der Waals surface area (Å²) in [6.07, 6.45) is 1.18. The van der Waals surface area contributed by atoms with Gasteiger partial charge in [0, 0.05) is 24.2 Å². The van der Waals surface area contributed by atoms with Crippen molar-refractivity contribution in [1.29, 1.82) is 0 Å². The second-order valence-corrected chi connectivity index (χ2v) is 5.80. The van der Waals surface area contributed by atoms with Gasteiger partial charge in [0.1, 0.15) is 11.5 Å². The summed E-state index contributed by atoms with van der Waals surface area (Å²) < 4.78 is 10.8. The Hall–Kier alpha value is -1.30. The van der Waals surface area contributed by atoms with E-state index in [1.165, 1.54) is 6.42 Å². The monoisotopic (exact) mass is 293 g/mol. The predicted octanol–water partition coefficient (Wildman–Crippen LogP) is 1.34. The molecule has 21 heavy (non-hydrogen) atoms. The number of nitrogens with two attached hydrogens (primary N) is 1. The summed E-state index contributed by atoms with van der Waals surface area (Å²) in [5, 5.41) is 0. The Morgan fingerprint density at radius 2 is 1.95 bits per heavy atom. The molecule has 2 rings (SSSR count). The lowest BCUT2D eigenvalue weighted by Crippen LogP contribution is -2.45. The fraction of sp³-hybridized carbons (Fsp3) is 0.625. The van der Waals surface area contributed by atoms with Gasteiger partial charge in [0.25, 0.3) is 0 Å². The molecule has 1 aliphatic heterocycles. The minimum Gasteiger partial charge on any atom is -0.497 e. The summed E-state index contributed by atoms with van der Waals surface area (Å²) >= 11 is 0. The number of methoxy groups -OCH3 is 2. The average Bonchev–Trinajstić information content (AvgIpc) is 2.67. The van der Waals surface area contributed by atoms with E-state index in [4.69, 9.17) is 15.2 Å².